The molecule has 1 aromatic heterocycles. The van der Waals surface area contributed by atoms with Crippen molar-refractivity contribution in [2.45, 2.75) is 6.42 Å². The molecule has 3 aromatic rings. The number of hydrogen-bond donors (Lipinski definition) is 0. The van der Waals surface area contributed by atoms with Crippen LogP contribution in [0.2, 0.25) is 0 Å². The molecule has 20 heavy (non-hydrogen) atoms. The molecule has 2 aromatic carbocycles. The molecule has 0 bridgehead atoms. The maximum absolute atomic E-state index is 12.0. The van der Waals surface area contributed by atoms with Crippen molar-refractivity contribution in [2.75, 3.05) is 0 Å². The summed E-state index contributed by atoms with van der Waals surface area (Å²) in [6.07, 6.45) is 0.664. The van der Waals surface area contributed by atoms with Crippen LogP contribution >= 0.6 is 12.4 Å². The fraction of sp³-hybridized carbons (Fsp3) is 0.125. The van der Waals surface area contributed by atoms with Gasteiger partial charge in [-0.05, 0) is 17.7 Å². The lowest BCUT2D eigenvalue weighted by Gasteiger charge is -2.10. The van der Waals surface area contributed by atoms with Gasteiger partial charge in [0.1, 0.15) is 5.82 Å². The summed E-state index contributed by atoms with van der Waals surface area (Å²) in [6.45, 7) is 0. The molecule has 0 aliphatic heterocycles. The number of aryl methyl sites for hydroxylation is 1. The van der Waals surface area contributed by atoms with Crippen LogP contribution in [0, 0.1) is 0 Å². The summed E-state index contributed by atoms with van der Waals surface area (Å²) in [4.78, 5) is 16.2. The minimum absolute atomic E-state index is 0. The van der Waals surface area contributed by atoms with Gasteiger partial charge in [-0.25, -0.2) is 0 Å². The van der Waals surface area contributed by atoms with E-state index in [2.05, 4.69) is 4.98 Å². The van der Waals surface area contributed by atoms with Crippen molar-refractivity contribution in [3.05, 3.63) is 76.3 Å². The van der Waals surface area contributed by atoms with Crippen molar-refractivity contribution in [3.63, 3.8) is 0 Å². The van der Waals surface area contributed by atoms with Gasteiger partial charge in [0.15, 0.2) is 0 Å². The predicted molar refractivity (Wildman–Crippen MR) is 83.5 cm³/mol. The Kier molecular flexibility index (Phi) is 4.20. The van der Waals surface area contributed by atoms with Crippen molar-refractivity contribution >= 4 is 23.3 Å². The predicted octanol–water partition coefficient (Wildman–Crippen LogP) is 2.95. The fourth-order valence-corrected chi connectivity index (χ4v) is 2.28. The maximum atomic E-state index is 12.0. The van der Waals surface area contributed by atoms with Crippen LogP contribution < -0.4 is 5.56 Å². The lowest BCUT2D eigenvalue weighted by molar-refractivity contribution is 0.802. The fourth-order valence-electron chi connectivity index (χ4n) is 2.28. The summed E-state index contributed by atoms with van der Waals surface area (Å²) in [7, 11) is 1.95. The van der Waals surface area contributed by atoms with Gasteiger partial charge in [0.25, 0.3) is 5.56 Å². The normalized spacial score (nSPS) is 10.2. The molecule has 1 heterocycles. The van der Waals surface area contributed by atoms with Gasteiger partial charge in [-0.15, -0.1) is 12.4 Å². The van der Waals surface area contributed by atoms with Crippen LogP contribution in [0.5, 0.6) is 0 Å². The number of halogens is 1. The molecule has 3 rings (SSSR count). The van der Waals surface area contributed by atoms with Gasteiger partial charge in [0.05, 0.1) is 10.9 Å². The van der Waals surface area contributed by atoms with Gasteiger partial charge in [0.2, 0.25) is 0 Å². The maximum Gasteiger partial charge on any atom is 0.280 e. The molecule has 102 valence electrons. The standard InChI is InChI=1S/C16H14N2O.ClH/c1-18-14-10-6-5-9-13(14)16(19)17-15(18)11-12-7-3-2-4-8-12;/h2-10H,11H2,1H3;1H. The van der Waals surface area contributed by atoms with Crippen LogP contribution in [-0.4, -0.2) is 9.55 Å². The molecule has 0 unspecified atom stereocenters. The summed E-state index contributed by atoms with van der Waals surface area (Å²) < 4.78 is 1.99. The molecule has 3 nitrogen and oxygen atoms in total. The lowest BCUT2D eigenvalue weighted by atomic mass is 10.1. The number of rotatable bonds is 2. The molecule has 0 spiro atoms. The third kappa shape index (κ3) is 2.58. The second-order valence-electron chi connectivity index (χ2n) is 4.57. The highest BCUT2D eigenvalue weighted by Gasteiger charge is 2.07. The van der Waals surface area contributed by atoms with Crippen molar-refractivity contribution in [3.8, 4) is 0 Å². The Bertz CT molecular complexity index is 781. The molecule has 0 N–H and O–H groups in total. The molecule has 0 aliphatic rings. The van der Waals surface area contributed by atoms with Crippen LogP contribution in [0.3, 0.4) is 0 Å². The minimum Gasteiger partial charge on any atom is -0.332 e. The Labute approximate surface area is 123 Å². The Morgan fingerprint density at radius 1 is 1.00 bits per heavy atom. The van der Waals surface area contributed by atoms with Crippen molar-refractivity contribution in [1.82, 2.24) is 9.55 Å². The Morgan fingerprint density at radius 2 is 1.65 bits per heavy atom. The largest absolute Gasteiger partial charge is 0.332 e. The number of nitrogens with zero attached hydrogens (tertiary/aromatic N) is 2. The van der Waals surface area contributed by atoms with Crippen LogP contribution in [0.1, 0.15) is 11.4 Å². The Balaban J connectivity index is 0.00000147. The first kappa shape index (κ1) is 14.3. The summed E-state index contributed by atoms with van der Waals surface area (Å²) in [5.41, 5.74) is 1.92. The van der Waals surface area contributed by atoms with E-state index >= 15 is 0 Å². The van der Waals surface area contributed by atoms with E-state index in [0.29, 0.717) is 11.8 Å². The number of fused-ring (bicyclic) bond motifs is 1. The number of para-hydroxylation sites is 1. The molecule has 0 saturated carbocycles. The highest BCUT2D eigenvalue weighted by atomic mass is 35.5. The van der Waals surface area contributed by atoms with Gasteiger partial charge in [0, 0.05) is 13.5 Å². The van der Waals surface area contributed by atoms with Gasteiger partial charge in [-0.3, -0.25) is 4.79 Å². The molecule has 0 aliphatic carbocycles. The summed E-state index contributed by atoms with van der Waals surface area (Å²) >= 11 is 0. The second kappa shape index (κ2) is 5.88. The smallest absolute Gasteiger partial charge is 0.280 e. The third-order valence-electron chi connectivity index (χ3n) is 3.32. The molecule has 0 saturated heterocycles. The summed E-state index contributed by atoms with van der Waals surface area (Å²) in [5.74, 6) is 0.787. The summed E-state index contributed by atoms with van der Waals surface area (Å²) in [5, 5.41) is 0.668. The lowest BCUT2D eigenvalue weighted by Crippen LogP contribution is -2.17. The van der Waals surface area contributed by atoms with E-state index in [9.17, 15) is 4.79 Å². The van der Waals surface area contributed by atoms with Gasteiger partial charge >= 0.3 is 0 Å². The van der Waals surface area contributed by atoms with Gasteiger partial charge in [-0.2, -0.15) is 4.98 Å². The zero-order valence-corrected chi connectivity index (χ0v) is 11.9. The average molecular weight is 287 g/mol. The van der Waals surface area contributed by atoms with Gasteiger partial charge in [-0.1, -0.05) is 42.5 Å². The minimum atomic E-state index is -0.153. The molecule has 0 atom stereocenters. The molecular weight excluding hydrogens is 272 g/mol. The number of hydrogen-bond acceptors (Lipinski definition) is 2. The third-order valence-corrected chi connectivity index (χ3v) is 3.32. The zero-order valence-electron chi connectivity index (χ0n) is 11.1. The highest BCUT2D eigenvalue weighted by Crippen LogP contribution is 2.12. The Hall–Kier alpha value is -2.13. The van der Waals surface area contributed by atoms with E-state index in [1.165, 1.54) is 0 Å². The van der Waals surface area contributed by atoms with E-state index in [0.717, 1.165) is 16.9 Å². The SMILES string of the molecule is Cl.Cn1c(Cc2ccccc2)nc(=O)c2ccccc21. The molecule has 4 heteroatoms. The van der Waals surface area contributed by atoms with Crippen molar-refractivity contribution < 1.29 is 0 Å². The molecule has 0 radical (unpaired) electrons. The van der Waals surface area contributed by atoms with E-state index < -0.39 is 0 Å². The van der Waals surface area contributed by atoms with Crippen LogP contribution in [-0.2, 0) is 13.5 Å². The van der Waals surface area contributed by atoms with Gasteiger partial charge < -0.3 is 4.57 Å². The molecule has 0 fully saturated rings. The van der Waals surface area contributed by atoms with Crippen LogP contribution in [0.15, 0.2) is 59.4 Å². The van der Waals surface area contributed by atoms with E-state index in [1.807, 2.05) is 66.2 Å². The van der Waals surface area contributed by atoms with Crippen molar-refractivity contribution in [1.29, 1.82) is 0 Å². The first-order chi connectivity index (χ1) is 9.25. The zero-order chi connectivity index (χ0) is 13.2. The van der Waals surface area contributed by atoms with Crippen LogP contribution in [0.4, 0.5) is 0 Å². The first-order valence-corrected chi connectivity index (χ1v) is 6.24. The monoisotopic (exact) mass is 286 g/mol. The first-order valence-electron chi connectivity index (χ1n) is 6.24. The van der Waals surface area contributed by atoms with Crippen LogP contribution in [0.25, 0.3) is 10.9 Å². The topological polar surface area (TPSA) is 34.9 Å². The van der Waals surface area contributed by atoms with E-state index in [1.54, 1.807) is 0 Å². The molecule has 0 amide bonds. The quantitative estimate of drug-likeness (QED) is 0.726. The second-order valence-corrected chi connectivity index (χ2v) is 4.57. The van der Waals surface area contributed by atoms with E-state index in [-0.39, 0.29) is 18.0 Å². The number of benzene rings is 2. The summed E-state index contributed by atoms with van der Waals surface area (Å²) in [6, 6.07) is 17.6. The Morgan fingerprint density at radius 3 is 2.40 bits per heavy atom. The molecular formula is C16H15ClN2O. The average Bonchev–Trinajstić information content (AvgIpc) is 2.46. The highest BCUT2D eigenvalue weighted by molar-refractivity contribution is 5.85. The number of aromatic nitrogens is 2. The van der Waals surface area contributed by atoms with E-state index in [4.69, 9.17) is 0 Å². The van der Waals surface area contributed by atoms with Crippen molar-refractivity contribution in [2.24, 2.45) is 7.05 Å².